The molecule has 1 unspecified atom stereocenters. The summed E-state index contributed by atoms with van der Waals surface area (Å²) in [6, 6.07) is 0. The van der Waals surface area contributed by atoms with E-state index in [1.807, 2.05) is 6.92 Å². The van der Waals surface area contributed by atoms with E-state index in [1.54, 1.807) is 12.4 Å². The molecule has 2 N–H and O–H groups in total. The van der Waals surface area contributed by atoms with Gasteiger partial charge >= 0.3 is 0 Å². The molecule has 1 aromatic heterocycles. The van der Waals surface area contributed by atoms with Gasteiger partial charge in [0.15, 0.2) is 0 Å². The minimum Gasteiger partial charge on any atom is -0.369 e. The van der Waals surface area contributed by atoms with E-state index in [9.17, 15) is 0 Å². The van der Waals surface area contributed by atoms with Gasteiger partial charge in [0.1, 0.15) is 5.82 Å². The Morgan fingerprint density at radius 3 is 3.06 bits per heavy atom. The van der Waals surface area contributed by atoms with E-state index in [2.05, 4.69) is 20.6 Å². The fourth-order valence-corrected chi connectivity index (χ4v) is 2.15. The molecule has 0 aliphatic carbocycles. The maximum Gasteiger partial charge on any atom is 0.147 e. The van der Waals surface area contributed by atoms with Crippen LogP contribution < -0.4 is 10.6 Å². The molecule has 0 spiro atoms. The molecule has 4 heteroatoms. The number of nitrogens with zero attached hydrogens (tertiary/aromatic N) is 2. The minimum absolute atomic E-state index is 0.818. The molecule has 88 valence electrons. The van der Waals surface area contributed by atoms with E-state index in [-0.39, 0.29) is 0 Å². The summed E-state index contributed by atoms with van der Waals surface area (Å²) in [7, 11) is 0. The second-order valence-corrected chi connectivity index (χ2v) is 4.42. The Hall–Kier alpha value is -1.16. The van der Waals surface area contributed by atoms with Crippen molar-refractivity contribution in [2.45, 2.75) is 26.2 Å². The normalized spacial score (nSPS) is 20.7. The third kappa shape index (κ3) is 3.17. The SMILES string of the molecule is Cc1nccnc1NCCC1CCCNC1. The zero-order valence-corrected chi connectivity index (χ0v) is 9.87. The number of aromatic nitrogens is 2. The Bertz CT molecular complexity index is 321. The third-order valence-corrected chi connectivity index (χ3v) is 3.13. The number of hydrogen-bond donors (Lipinski definition) is 2. The molecule has 0 aromatic carbocycles. The fraction of sp³-hybridized carbons (Fsp3) is 0.667. The minimum atomic E-state index is 0.818. The first-order valence-electron chi connectivity index (χ1n) is 6.08. The monoisotopic (exact) mass is 220 g/mol. The molecule has 1 atom stereocenters. The summed E-state index contributed by atoms with van der Waals surface area (Å²) in [4.78, 5) is 8.48. The molecule has 0 saturated carbocycles. The van der Waals surface area contributed by atoms with E-state index in [0.29, 0.717) is 0 Å². The number of anilines is 1. The molecule has 16 heavy (non-hydrogen) atoms. The summed E-state index contributed by atoms with van der Waals surface area (Å²) >= 11 is 0. The van der Waals surface area contributed by atoms with Crippen LogP contribution in [0.25, 0.3) is 0 Å². The van der Waals surface area contributed by atoms with Crippen LogP contribution in [0.2, 0.25) is 0 Å². The van der Waals surface area contributed by atoms with Gasteiger partial charge in [-0.05, 0) is 45.2 Å². The lowest BCUT2D eigenvalue weighted by Crippen LogP contribution is -2.30. The van der Waals surface area contributed by atoms with Gasteiger partial charge in [0.05, 0.1) is 5.69 Å². The fourth-order valence-electron chi connectivity index (χ4n) is 2.15. The highest BCUT2D eigenvalue weighted by Gasteiger charge is 2.12. The molecule has 0 bridgehead atoms. The summed E-state index contributed by atoms with van der Waals surface area (Å²) in [5.41, 5.74) is 0.976. The highest BCUT2D eigenvalue weighted by molar-refractivity contribution is 5.37. The Kier molecular flexibility index (Phi) is 4.10. The zero-order valence-electron chi connectivity index (χ0n) is 9.87. The first-order valence-corrected chi connectivity index (χ1v) is 6.08. The summed E-state index contributed by atoms with van der Waals surface area (Å²) in [6.45, 7) is 5.33. The van der Waals surface area contributed by atoms with Gasteiger partial charge in [-0.1, -0.05) is 0 Å². The van der Waals surface area contributed by atoms with Crippen molar-refractivity contribution >= 4 is 5.82 Å². The molecule has 1 aliphatic rings. The van der Waals surface area contributed by atoms with E-state index < -0.39 is 0 Å². The first kappa shape index (κ1) is 11.3. The molecular formula is C12H20N4. The Morgan fingerprint density at radius 2 is 2.31 bits per heavy atom. The van der Waals surface area contributed by atoms with Crippen LogP contribution in [0, 0.1) is 12.8 Å². The molecule has 1 aromatic rings. The molecule has 2 rings (SSSR count). The molecule has 1 fully saturated rings. The maximum absolute atomic E-state index is 4.27. The molecule has 0 amide bonds. The summed E-state index contributed by atoms with van der Waals surface area (Å²) in [5.74, 6) is 1.74. The number of rotatable bonds is 4. The Balaban J connectivity index is 1.73. The molecule has 4 nitrogen and oxygen atoms in total. The lowest BCUT2D eigenvalue weighted by molar-refractivity contribution is 0.364. The van der Waals surface area contributed by atoms with Gasteiger partial charge in [0.2, 0.25) is 0 Å². The van der Waals surface area contributed by atoms with Gasteiger partial charge in [0.25, 0.3) is 0 Å². The largest absolute Gasteiger partial charge is 0.369 e. The maximum atomic E-state index is 4.27. The summed E-state index contributed by atoms with van der Waals surface area (Å²) < 4.78 is 0. The standard InChI is InChI=1S/C12H20N4/c1-10-12(16-8-7-14-10)15-6-4-11-3-2-5-13-9-11/h7-8,11,13H,2-6,9H2,1H3,(H,15,16). The smallest absolute Gasteiger partial charge is 0.147 e. The number of aryl methyl sites for hydroxylation is 1. The van der Waals surface area contributed by atoms with Crippen LogP contribution in [0.1, 0.15) is 25.0 Å². The van der Waals surface area contributed by atoms with Gasteiger partial charge in [-0.15, -0.1) is 0 Å². The molecule has 1 aliphatic heterocycles. The summed E-state index contributed by atoms with van der Waals surface area (Å²) in [6.07, 6.45) is 7.34. The number of nitrogens with one attached hydrogen (secondary N) is 2. The van der Waals surface area contributed by atoms with E-state index >= 15 is 0 Å². The van der Waals surface area contributed by atoms with E-state index in [1.165, 1.54) is 32.4 Å². The van der Waals surface area contributed by atoms with Gasteiger partial charge in [-0.3, -0.25) is 4.98 Å². The Morgan fingerprint density at radius 1 is 1.44 bits per heavy atom. The van der Waals surface area contributed by atoms with Gasteiger partial charge in [-0.2, -0.15) is 0 Å². The second kappa shape index (κ2) is 5.80. The lowest BCUT2D eigenvalue weighted by Gasteiger charge is -2.22. The van der Waals surface area contributed by atoms with Crippen molar-refractivity contribution in [2.24, 2.45) is 5.92 Å². The Labute approximate surface area is 96.9 Å². The topological polar surface area (TPSA) is 49.8 Å². The van der Waals surface area contributed by atoms with E-state index in [4.69, 9.17) is 0 Å². The van der Waals surface area contributed by atoms with E-state index in [0.717, 1.165) is 24.0 Å². The average Bonchev–Trinajstić information content (AvgIpc) is 2.33. The van der Waals surface area contributed by atoms with Crippen molar-refractivity contribution in [3.05, 3.63) is 18.1 Å². The van der Waals surface area contributed by atoms with Crippen molar-refractivity contribution < 1.29 is 0 Å². The first-order chi connectivity index (χ1) is 7.86. The quantitative estimate of drug-likeness (QED) is 0.809. The van der Waals surface area contributed by atoms with Gasteiger partial charge < -0.3 is 10.6 Å². The zero-order chi connectivity index (χ0) is 11.2. The lowest BCUT2D eigenvalue weighted by atomic mass is 9.96. The van der Waals surface area contributed by atoms with Crippen molar-refractivity contribution in [3.8, 4) is 0 Å². The summed E-state index contributed by atoms with van der Waals surface area (Å²) in [5, 5.41) is 6.80. The highest BCUT2D eigenvalue weighted by atomic mass is 15.0. The van der Waals surface area contributed by atoms with Crippen LogP contribution in [-0.2, 0) is 0 Å². The van der Waals surface area contributed by atoms with Crippen molar-refractivity contribution in [1.82, 2.24) is 15.3 Å². The van der Waals surface area contributed by atoms with Crippen LogP contribution in [0.3, 0.4) is 0 Å². The van der Waals surface area contributed by atoms with Crippen LogP contribution in [0.5, 0.6) is 0 Å². The van der Waals surface area contributed by atoms with Gasteiger partial charge in [-0.25, -0.2) is 4.98 Å². The molecule has 0 radical (unpaired) electrons. The number of hydrogen-bond acceptors (Lipinski definition) is 4. The second-order valence-electron chi connectivity index (χ2n) is 4.42. The molecular weight excluding hydrogens is 200 g/mol. The molecule has 2 heterocycles. The predicted octanol–water partition coefficient (Wildman–Crippen LogP) is 1.59. The average molecular weight is 220 g/mol. The van der Waals surface area contributed by atoms with Crippen LogP contribution in [0.15, 0.2) is 12.4 Å². The molecule has 1 saturated heterocycles. The van der Waals surface area contributed by atoms with Crippen LogP contribution in [-0.4, -0.2) is 29.6 Å². The van der Waals surface area contributed by atoms with Crippen molar-refractivity contribution in [2.75, 3.05) is 25.0 Å². The third-order valence-electron chi connectivity index (χ3n) is 3.13. The highest BCUT2D eigenvalue weighted by Crippen LogP contribution is 2.14. The van der Waals surface area contributed by atoms with Crippen LogP contribution >= 0.6 is 0 Å². The van der Waals surface area contributed by atoms with Crippen LogP contribution in [0.4, 0.5) is 5.82 Å². The van der Waals surface area contributed by atoms with Crippen molar-refractivity contribution in [1.29, 1.82) is 0 Å². The van der Waals surface area contributed by atoms with Gasteiger partial charge in [0, 0.05) is 18.9 Å². The predicted molar refractivity (Wildman–Crippen MR) is 65.5 cm³/mol. The van der Waals surface area contributed by atoms with Crippen molar-refractivity contribution in [3.63, 3.8) is 0 Å². The number of piperidine rings is 1.